The molecule has 0 unspecified atom stereocenters. The van der Waals surface area contributed by atoms with Gasteiger partial charge in [0.15, 0.2) is 0 Å². The summed E-state index contributed by atoms with van der Waals surface area (Å²) in [5, 5.41) is 2.84. The molecule has 0 spiro atoms. The second kappa shape index (κ2) is 16.6. The topological polar surface area (TPSA) is 9.86 Å². The second-order valence-electron chi connectivity index (χ2n) is 17.5. The Hall–Kier alpha value is -8.62. The first-order chi connectivity index (χ1) is 34.0. The largest absolute Gasteiger partial charge is 0.420 e. The van der Waals surface area contributed by atoms with Crippen molar-refractivity contribution in [2.45, 2.75) is 12.4 Å². The van der Waals surface area contributed by atoms with E-state index in [2.05, 4.69) is 0 Å². The van der Waals surface area contributed by atoms with Crippen LogP contribution in [0.4, 0.5) is 26.3 Å². The molecule has 0 amide bonds. The van der Waals surface area contributed by atoms with Crippen LogP contribution < -0.4 is 0 Å². The summed E-state index contributed by atoms with van der Waals surface area (Å²) in [6.07, 6.45) is -9.80. The van der Waals surface area contributed by atoms with Crippen LogP contribution in [-0.4, -0.2) is 9.13 Å². The predicted octanol–water partition coefficient (Wildman–Crippen LogP) is 18.3. The minimum absolute atomic E-state index is 0.0130. The molecule has 338 valence electrons. The molecule has 0 bridgehead atoms. The van der Waals surface area contributed by atoms with Gasteiger partial charge in [0.25, 0.3) is 0 Å². The van der Waals surface area contributed by atoms with Crippen LogP contribution in [0.1, 0.15) is 11.1 Å². The van der Waals surface area contributed by atoms with Gasteiger partial charge < -0.3 is 9.13 Å². The highest BCUT2D eigenvalue weighted by Crippen LogP contribution is 2.49. The fraction of sp³-hybridized carbons (Fsp3) is 0.0323. The van der Waals surface area contributed by atoms with Crippen LogP contribution >= 0.6 is 0 Å². The minimum atomic E-state index is -5.05. The van der Waals surface area contributed by atoms with E-state index in [1.807, 2.05) is 194 Å². The highest BCUT2D eigenvalue weighted by Gasteiger charge is 2.41. The summed E-state index contributed by atoms with van der Waals surface area (Å²) in [6, 6.07) is 69.5. The summed E-state index contributed by atoms with van der Waals surface area (Å²) in [6.45, 7) is 0. The highest BCUT2D eigenvalue weighted by atomic mass is 19.4. The van der Waals surface area contributed by atoms with Gasteiger partial charge in [0.05, 0.1) is 39.0 Å². The van der Waals surface area contributed by atoms with Crippen LogP contribution in [0.5, 0.6) is 0 Å². The van der Waals surface area contributed by atoms with E-state index in [0.29, 0.717) is 32.8 Å². The molecule has 0 saturated heterocycles. The summed E-state index contributed by atoms with van der Waals surface area (Å²) < 4.78 is 97.8. The van der Waals surface area contributed by atoms with Gasteiger partial charge in [-0.25, -0.2) is 0 Å². The average molecular weight is 925 g/mol. The van der Waals surface area contributed by atoms with Gasteiger partial charge >= 0.3 is 12.4 Å². The first-order valence-corrected chi connectivity index (χ1v) is 22.8. The third-order valence-electron chi connectivity index (χ3n) is 13.4. The Morgan fingerprint density at radius 3 is 0.986 bits per heavy atom. The fourth-order valence-electron chi connectivity index (χ4n) is 10.2. The molecule has 12 rings (SSSR count). The second-order valence-corrected chi connectivity index (χ2v) is 17.5. The van der Waals surface area contributed by atoms with E-state index in [0.717, 1.165) is 67.4 Å². The van der Waals surface area contributed by atoms with Crippen molar-refractivity contribution in [3.05, 3.63) is 242 Å². The van der Waals surface area contributed by atoms with Gasteiger partial charge in [0.2, 0.25) is 0 Å². The number of alkyl halides is 6. The third-order valence-corrected chi connectivity index (χ3v) is 13.4. The Morgan fingerprint density at radius 1 is 0.271 bits per heavy atom. The summed E-state index contributed by atoms with van der Waals surface area (Å²) in [5.41, 5.74) is 6.76. The third kappa shape index (κ3) is 7.31. The smallest absolute Gasteiger partial charge is 0.309 e. The first kappa shape index (κ1) is 42.7. The van der Waals surface area contributed by atoms with Crippen molar-refractivity contribution in [2.24, 2.45) is 0 Å². The van der Waals surface area contributed by atoms with Crippen LogP contribution in [0.3, 0.4) is 0 Å². The molecule has 0 saturated carbocycles. The van der Waals surface area contributed by atoms with Crippen LogP contribution in [0, 0.1) is 0 Å². The molecular weight excluding hydrogens is 887 g/mol. The normalized spacial score (nSPS) is 12.1. The molecule has 0 atom stereocenters. The van der Waals surface area contributed by atoms with E-state index in [-0.39, 0.29) is 22.5 Å². The summed E-state index contributed by atoms with van der Waals surface area (Å²) in [7, 11) is 0. The Balaban J connectivity index is 1.22. The van der Waals surface area contributed by atoms with Crippen LogP contribution in [0.2, 0.25) is 0 Å². The zero-order chi connectivity index (χ0) is 47.7. The summed E-state index contributed by atoms with van der Waals surface area (Å²) in [4.78, 5) is 0. The first-order valence-electron chi connectivity index (χ1n) is 22.8. The van der Waals surface area contributed by atoms with Crippen molar-refractivity contribution < 1.29 is 26.3 Å². The lowest BCUT2D eigenvalue weighted by Crippen LogP contribution is -2.17. The number of rotatable bonds is 7. The maximum Gasteiger partial charge on any atom is 0.420 e. The van der Waals surface area contributed by atoms with Crippen molar-refractivity contribution in [1.82, 2.24) is 9.13 Å². The lowest BCUT2D eigenvalue weighted by molar-refractivity contribution is -0.138. The number of nitrogens with zero attached hydrogens (tertiary/aromatic N) is 2. The average Bonchev–Trinajstić information content (AvgIpc) is 3.90. The number of hydrogen-bond acceptors (Lipinski definition) is 0. The van der Waals surface area contributed by atoms with Crippen LogP contribution in [0.25, 0.3) is 111 Å². The molecule has 12 aromatic rings. The number of hydrogen-bond donors (Lipinski definition) is 0. The van der Waals surface area contributed by atoms with Gasteiger partial charge in [0.1, 0.15) is 5.56 Å². The maximum absolute atomic E-state index is 17.0. The predicted molar refractivity (Wildman–Crippen MR) is 272 cm³/mol. The molecule has 0 fully saturated rings. The van der Waals surface area contributed by atoms with Crippen LogP contribution in [-0.2, 0) is 12.4 Å². The van der Waals surface area contributed by atoms with Crippen molar-refractivity contribution in [3.8, 4) is 67.0 Å². The zero-order valence-corrected chi connectivity index (χ0v) is 37.1. The van der Waals surface area contributed by atoms with Gasteiger partial charge in [-0.05, 0) is 117 Å². The van der Waals surface area contributed by atoms with Crippen molar-refractivity contribution >= 4 is 43.6 Å². The molecule has 0 N–H and O–H groups in total. The van der Waals surface area contributed by atoms with Gasteiger partial charge in [-0.15, -0.1) is 0 Å². The quantitative estimate of drug-likeness (QED) is 0.141. The minimum Gasteiger partial charge on any atom is -0.309 e. The Morgan fingerprint density at radius 2 is 0.629 bits per heavy atom. The number of benzene rings is 10. The van der Waals surface area contributed by atoms with E-state index in [1.165, 1.54) is 24.3 Å². The Bertz CT molecular complexity index is 3750. The Labute approximate surface area is 398 Å². The van der Waals surface area contributed by atoms with Gasteiger partial charge in [-0.3, -0.25) is 0 Å². The molecule has 0 aliphatic rings. The Kier molecular flexibility index (Phi) is 10.1. The van der Waals surface area contributed by atoms with E-state index in [4.69, 9.17) is 0 Å². The van der Waals surface area contributed by atoms with Crippen molar-refractivity contribution in [2.75, 3.05) is 0 Å². The molecule has 0 aliphatic carbocycles. The molecule has 2 aromatic heterocycles. The van der Waals surface area contributed by atoms with E-state index in [9.17, 15) is 13.2 Å². The molecule has 2 nitrogen and oxygen atoms in total. The lowest BCUT2D eigenvalue weighted by atomic mass is 9.95. The molecule has 2 heterocycles. The van der Waals surface area contributed by atoms with Gasteiger partial charge in [0, 0.05) is 27.1 Å². The molecule has 8 heteroatoms. The van der Waals surface area contributed by atoms with Gasteiger partial charge in [-0.1, -0.05) is 164 Å². The lowest BCUT2D eigenvalue weighted by Gasteiger charge is -2.25. The van der Waals surface area contributed by atoms with Gasteiger partial charge in [-0.2, -0.15) is 26.3 Å². The molecule has 70 heavy (non-hydrogen) atoms. The standard InChI is InChI=1S/C62H38F6N2/c63-61(64,65)48-23-13-22-47(34-48)49-28-33-58(69-54-29-24-43(39-14-5-1-6-15-39)35-50(54)51-36-44(25-30-55(51)69)40-16-7-2-8-17-40)59(62(66,67)68)60(49)70-56-31-26-45(41-18-9-3-10-19-41)37-52(56)53-38-46(27-32-57(53)70)42-20-11-4-12-21-42/h1-38H. The monoisotopic (exact) mass is 924 g/mol. The maximum atomic E-state index is 17.0. The number of aromatic nitrogens is 2. The fourth-order valence-corrected chi connectivity index (χ4v) is 10.2. The molecule has 0 aliphatic heterocycles. The highest BCUT2D eigenvalue weighted by molar-refractivity contribution is 6.14. The molecule has 0 radical (unpaired) electrons. The summed E-state index contributed by atoms with van der Waals surface area (Å²) in [5.74, 6) is 0. The zero-order valence-electron chi connectivity index (χ0n) is 37.1. The van der Waals surface area contributed by atoms with Crippen molar-refractivity contribution in [1.29, 1.82) is 0 Å². The molecular formula is C62H38F6N2. The number of fused-ring (bicyclic) bond motifs is 6. The SMILES string of the molecule is FC(F)(F)c1cccc(-c2ccc(-n3c4ccc(-c5ccccc5)cc4c4cc(-c5ccccc5)ccc43)c(C(F)(F)F)c2-n2c3ccc(-c4ccccc4)cc3c3cc(-c4ccccc4)ccc32)c1. The van der Waals surface area contributed by atoms with E-state index >= 15 is 13.2 Å². The number of halogens is 6. The summed E-state index contributed by atoms with van der Waals surface area (Å²) >= 11 is 0. The van der Waals surface area contributed by atoms with Crippen LogP contribution in [0.15, 0.2) is 231 Å². The van der Waals surface area contributed by atoms with Crippen molar-refractivity contribution in [3.63, 3.8) is 0 Å². The van der Waals surface area contributed by atoms with E-state index in [1.54, 1.807) is 9.13 Å². The van der Waals surface area contributed by atoms with E-state index < -0.39 is 23.5 Å². The molecule has 10 aromatic carbocycles.